The van der Waals surface area contributed by atoms with Crippen molar-refractivity contribution in [3.05, 3.63) is 53.1 Å². The first-order valence-electron chi connectivity index (χ1n) is 11.1. The maximum absolute atomic E-state index is 13.2. The van der Waals surface area contributed by atoms with Crippen LogP contribution in [0.1, 0.15) is 30.0 Å². The molecule has 2 aromatic carbocycles. The lowest BCUT2D eigenvalue weighted by atomic mass is 9.94. The number of hydrogen-bond donors (Lipinski definition) is 2. The molecule has 3 aliphatic rings. The molecule has 34 heavy (non-hydrogen) atoms. The number of ketones is 1. The van der Waals surface area contributed by atoms with E-state index in [1.165, 1.54) is 18.1 Å². The van der Waals surface area contributed by atoms with Crippen molar-refractivity contribution in [2.24, 2.45) is 0 Å². The summed E-state index contributed by atoms with van der Waals surface area (Å²) in [6, 6.07) is 8.58. The monoisotopic (exact) mass is 467 g/mol. The summed E-state index contributed by atoms with van der Waals surface area (Å²) in [5, 5.41) is 21.3. The number of likely N-dealkylation sites (tertiary alicyclic amines) is 1. The molecule has 3 heterocycles. The standard InChI is InChI=1S/C25H25NO8/c1-31-19-11-14(4-6-17(19)27)22-21(24(29)25(30)26(22)13-16-3-2-8-32-16)23(28)15-5-7-18-20(12-15)34-10-9-33-18/h4-7,11-12,16,22,27-28H,2-3,8-10,13H2,1H3/t16-,22+/m1/s1. The summed E-state index contributed by atoms with van der Waals surface area (Å²) in [5.41, 5.74) is 0.800. The lowest BCUT2D eigenvalue weighted by Crippen LogP contribution is -2.36. The smallest absolute Gasteiger partial charge is 0.295 e. The molecule has 0 aliphatic carbocycles. The maximum Gasteiger partial charge on any atom is 0.295 e. The molecule has 1 amide bonds. The van der Waals surface area contributed by atoms with Crippen molar-refractivity contribution in [2.75, 3.05) is 33.5 Å². The Kier molecular flexibility index (Phi) is 5.79. The summed E-state index contributed by atoms with van der Waals surface area (Å²) in [6.45, 7) is 1.60. The van der Waals surface area contributed by atoms with Crippen molar-refractivity contribution in [3.8, 4) is 23.0 Å². The fourth-order valence-corrected chi connectivity index (χ4v) is 4.63. The molecule has 9 heteroatoms. The van der Waals surface area contributed by atoms with Gasteiger partial charge in [0.05, 0.1) is 24.8 Å². The highest BCUT2D eigenvalue weighted by atomic mass is 16.6. The summed E-state index contributed by atoms with van der Waals surface area (Å²) < 4.78 is 22.1. The number of aliphatic hydroxyl groups excluding tert-OH is 1. The largest absolute Gasteiger partial charge is 0.507 e. The molecule has 2 aromatic rings. The number of carbonyl (C=O) groups excluding carboxylic acids is 2. The summed E-state index contributed by atoms with van der Waals surface area (Å²) in [5.74, 6) is -0.710. The molecule has 0 bridgehead atoms. The van der Waals surface area contributed by atoms with Crippen molar-refractivity contribution < 1.29 is 38.7 Å². The number of aromatic hydroxyl groups is 1. The van der Waals surface area contributed by atoms with Crippen LogP contribution in [0, 0.1) is 0 Å². The van der Waals surface area contributed by atoms with Gasteiger partial charge in [0.25, 0.3) is 11.7 Å². The van der Waals surface area contributed by atoms with Crippen LogP contribution in [0.2, 0.25) is 0 Å². The van der Waals surface area contributed by atoms with E-state index >= 15 is 0 Å². The lowest BCUT2D eigenvalue weighted by molar-refractivity contribution is -0.140. The zero-order valence-electron chi connectivity index (χ0n) is 18.7. The number of rotatable bonds is 5. The van der Waals surface area contributed by atoms with Gasteiger partial charge in [0, 0.05) is 18.7 Å². The van der Waals surface area contributed by atoms with Crippen molar-refractivity contribution in [3.63, 3.8) is 0 Å². The number of nitrogens with zero attached hydrogens (tertiary/aromatic N) is 1. The molecule has 2 N–H and O–H groups in total. The highest BCUT2D eigenvalue weighted by Gasteiger charge is 2.47. The first-order chi connectivity index (χ1) is 16.5. The second kappa shape index (κ2) is 8.90. The molecule has 0 saturated carbocycles. The van der Waals surface area contributed by atoms with Gasteiger partial charge in [-0.15, -0.1) is 0 Å². The van der Waals surface area contributed by atoms with E-state index in [0.29, 0.717) is 42.4 Å². The first kappa shape index (κ1) is 22.1. The SMILES string of the molecule is COc1cc([C@H]2C(=C(O)c3ccc4c(c3)OCCO4)C(=O)C(=O)N2C[C@H]2CCCO2)ccc1O. The Balaban J connectivity index is 1.62. The van der Waals surface area contributed by atoms with Crippen LogP contribution < -0.4 is 14.2 Å². The topological polar surface area (TPSA) is 115 Å². The third kappa shape index (κ3) is 3.81. The average molecular weight is 467 g/mol. The molecule has 2 saturated heterocycles. The Morgan fingerprint density at radius 1 is 1.09 bits per heavy atom. The Morgan fingerprint density at radius 2 is 1.88 bits per heavy atom. The van der Waals surface area contributed by atoms with Crippen molar-refractivity contribution in [1.29, 1.82) is 0 Å². The molecular formula is C25H25NO8. The van der Waals surface area contributed by atoms with E-state index in [-0.39, 0.29) is 35.5 Å². The summed E-state index contributed by atoms with van der Waals surface area (Å²) in [7, 11) is 1.41. The predicted octanol–water partition coefficient (Wildman–Crippen LogP) is 2.77. The molecular weight excluding hydrogens is 442 g/mol. The van der Waals surface area contributed by atoms with Crippen LogP contribution in [0.4, 0.5) is 0 Å². The molecule has 0 spiro atoms. The van der Waals surface area contributed by atoms with Crippen LogP contribution in [0.15, 0.2) is 42.0 Å². The van der Waals surface area contributed by atoms with E-state index in [0.717, 1.165) is 12.8 Å². The van der Waals surface area contributed by atoms with Gasteiger partial charge < -0.3 is 34.1 Å². The van der Waals surface area contributed by atoms with Gasteiger partial charge >= 0.3 is 0 Å². The van der Waals surface area contributed by atoms with E-state index < -0.39 is 17.7 Å². The lowest BCUT2D eigenvalue weighted by Gasteiger charge is -2.28. The summed E-state index contributed by atoms with van der Waals surface area (Å²) >= 11 is 0. The molecule has 0 aromatic heterocycles. The van der Waals surface area contributed by atoms with Crippen molar-refractivity contribution in [2.45, 2.75) is 25.0 Å². The van der Waals surface area contributed by atoms with Crippen LogP contribution in [-0.2, 0) is 14.3 Å². The van der Waals surface area contributed by atoms with Crippen molar-refractivity contribution in [1.82, 2.24) is 4.90 Å². The second-order valence-corrected chi connectivity index (χ2v) is 8.38. The van der Waals surface area contributed by atoms with Gasteiger partial charge in [-0.2, -0.15) is 0 Å². The average Bonchev–Trinajstić information content (AvgIpc) is 3.46. The number of methoxy groups -OCH3 is 1. The molecule has 0 unspecified atom stereocenters. The van der Waals surface area contributed by atoms with Crippen LogP contribution >= 0.6 is 0 Å². The Morgan fingerprint density at radius 3 is 2.62 bits per heavy atom. The Hall–Kier alpha value is -3.72. The number of Topliss-reactive ketones (excluding diaryl/α,β-unsaturated/α-hetero) is 1. The fraction of sp³-hybridized carbons (Fsp3) is 0.360. The van der Waals surface area contributed by atoms with Gasteiger partial charge in [-0.1, -0.05) is 6.07 Å². The van der Waals surface area contributed by atoms with Crippen molar-refractivity contribution >= 4 is 17.4 Å². The van der Waals surface area contributed by atoms with E-state index in [2.05, 4.69) is 0 Å². The van der Waals surface area contributed by atoms with Gasteiger partial charge in [0.2, 0.25) is 0 Å². The quantitative estimate of drug-likeness (QED) is 0.392. The van der Waals surface area contributed by atoms with Gasteiger partial charge in [-0.3, -0.25) is 9.59 Å². The summed E-state index contributed by atoms with van der Waals surface area (Å²) in [4.78, 5) is 27.8. The van der Waals surface area contributed by atoms with E-state index in [4.69, 9.17) is 18.9 Å². The minimum absolute atomic E-state index is 0.0487. The zero-order chi connectivity index (χ0) is 23.8. The molecule has 2 atom stereocenters. The highest BCUT2D eigenvalue weighted by molar-refractivity contribution is 6.46. The van der Waals surface area contributed by atoms with E-state index in [1.807, 2.05) is 0 Å². The third-order valence-corrected chi connectivity index (χ3v) is 6.30. The number of fused-ring (bicyclic) bond motifs is 1. The first-order valence-corrected chi connectivity index (χ1v) is 11.1. The summed E-state index contributed by atoms with van der Waals surface area (Å²) in [6.07, 6.45) is 1.45. The Labute approximate surface area is 196 Å². The molecule has 9 nitrogen and oxygen atoms in total. The number of phenolic OH excluding ortho intramolecular Hbond substituents is 1. The van der Waals surface area contributed by atoms with Gasteiger partial charge in [0.1, 0.15) is 19.0 Å². The van der Waals surface area contributed by atoms with Gasteiger partial charge in [0.15, 0.2) is 23.0 Å². The molecule has 5 rings (SSSR count). The molecule has 178 valence electrons. The van der Waals surface area contributed by atoms with Crippen LogP contribution in [-0.4, -0.2) is 66.4 Å². The zero-order valence-corrected chi connectivity index (χ0v) is 18.7. The van der Waals surface area contributed by atoms with Crippen LogP contribution in [0.3, 0.4) is 0 Å². The van der Waals surface area contributed by atoms with E-state index in [9.17, 15) is 19.8 Å². The number of benzene rings is 2. The Bertz CT molecular complexity index is 1170. The van der Waals surface area contributed by atoms with Gasteiger partial charge in [-0.05, 0) is 48.7 Å². The third-order valence-electron chi connectivity index (χ3n) is 6.30. The number of phenols is 1. The fourth-order valence-electron chi connectivity index (χ4n) is 4.63. The minimum atomic E-state index is -0.882. The number of aliphatic hydroxyl groups is 1. The number of ether oxygens (including phenoxy) is 4. The minimum Gasteiger partial charge on any atom is -0.507 e. The van der Waals surface area contributed by atoms with Crippen LogP contribution in [0.5, 0.6) is 23.0 Å². The molecule has 3 aliphatic heterocycles. The predicted molar refractivity (Wildman–Crippen MR) is 120 cm³/mol. The number of hydrogen-bond acceptors (Lipinski definition) is 8. The second-order valence-electron chi connectivity index (χ2n) is 8.38. The van der Waals surface area contributed by atoms with E-state index in [1.54, 1.807) is 30.3 Å². The van der Waals surface area contributed by atoms with Crippen LogP contribution in [0.25, 0.3) is 5.76 Å². The number of carbonyl (C=O) groups is 2. The molecule has 0 radical (unpaired) electrons. The number of amides is 1. The highest BCUT2D eigenvalue weighted by Crippen LogP contribution is 2.43. The maximum atomic E-state index is 13.2. The normalized spacial score (nSPS) is 23.4. The van der Waals surface area contributed by atoms with Gasteiger partial charge in [-0.25, -0.2) is 0 Å². The molecule has 2 fully saturated rings.